The van der Waals surface area contributed by atoms with Crippen molar-refractivity contribution in [2.75, 3.05) is 18.2 Å². The molecule has 0 saturated carbocycles. The number of urea groups is 1. The fourth-order valence-electron chi connectivity index (χ4n) is 2.10. The number of rotatable bonds is 6. The van der Waals surface area contributed by atoms with Crippen molar-refractivity contribution in [2.45, 2.75) is 18.4 Å². The van der Waals surface area contributed by atoms with Crippen LogP contribution < -0.4 is 15.4 Å². The molecule has 2 N–H and O–H groups in total. The molecule has 0 aromatic heterocycles. The highest BCUT2D eigenvalue weighted by atomic mass is 32.2. The van der Waals surface area contributed by atoms with Crippen LogP contribution in [0.15, 0.2) is 53.4 Å². The second-order valence-corrected chi connectivity index (χ2v) is 7.16. The van der Waals surface area contributed by atoms with Crippen LogP contribution >= 0.6 is 0 Å². The molecule has 0 heterocycles. The van der Waals surface area contributed by atoms with Gasteiger partial charge in [-0.3, -0.25) is 0 Å². The summed E-state index contributed by atoms with van der Waals surface area (Å²) in [5.41, 5.74) is 1.27. The molecular weight excluding hydrogens is 328 g/mol. The van der Waals surface area contributed by atoms with E-state index in [1.54, 1.807) is 12.1 Å². The first kappa shape index (κ1) is 17.8. The Morgan fingerprint density at radius 2 is 1.88 bits per heavy atom. The fourth-order valence-corrected chi connectivity index (χ4v) is 2.77. The molecule has 6 nitrogen and oxygen atoms in total. The van der Waals surface area contributed by atoms with Crippen LogP contribution in [0.25, 0.3) is 0 Å². The standard InChI is InChI=1S/C17H20N2O4S/c1-3-23-16-10-5-4-7-13(16)12-18-17(20)19-14-8-6-9-15(11-14)24(2,21)22/h4-11H,3,12H2,1-2H3,(H2,18,19,20). The van der Waals surface area contributed by atoms with E-state index in [-0.39, 0.29) is 4.90 Å². The number of anilines is 1. The number of sulfone groups is 1. The van der Waals surface area contributed by atoms with Crippen molar-refractivity contribution in [1.82, 2.24) is 5.32 Å². The average Bonchev–Trinajstić information content (AvgIpc) is 2.54. The summed E-state index contributed by atoms with van der Waals surface area (Å²) in [5, 5.41) is 5.35. The van der Waals surface area contributed by atoms with Gasteiger partial charge in [0.2, 0.25) is 0 Å². The zero-order chi connectivity index (χ0) is 17.6. The zero-order valence-electron chi connectivity index (χ0n) is 13.6. The molecule has 0 unspecified atom stereocenters. The molecule has 128 valence electrons. The van der Waals surface area contributed by atoms with Crippen LogP contribution in [-0.2, 0) is 16.4 Å². The Labute approximate surface area is 141 Å². The molecule has 0 saturated heterocycles. The summed E-state index contributed by atoms with van der Waals surface area (Å²) in [6.45, 7) is 2.74. The largest absolute Gasteiger partial charge is 0.494 e. The van der Waals surface area contributed by atoms with Crippen LogP contribution in [-0.4, -0.2) is 27.3 Å². The predicted octanol–water partition coefficient (Wildman–Crippen LogP) is 2.81. The van der Waals surface area contributed by atoms with Gasteiger partial charge in [0.25, 0.3) is 0 Å². The van der Waals surface area contributed by atoms with Crippen LogP contribution in [0.2, 0.25) is 0 Å². The third-order valence-electron chi connectivity index (χ3n) is 3.23. The topological polar surface area (TPSA) is 84.5 Å². The Hall–Kier alpha value is -2.54. The van der Waals surface area contributed by atoms with Gasteiger partial charge in [0.15, 0.2) is 9.84 Å². The van der Waals surface area contributed by atoms with Gasteiger partial charge in [-0.25, -0.2) is 13.2 Å². The molecule has 24 heavy (non-hydrogen) atoms. The number of nitrogens with one attached hydrogen (secondary N) is 2. The van der Waals surface area contributed by atoms with Gasteiger partial charge < -0.3 is 15.4 Å². The molecule has 2 amide bonds. The summed E-state index contributed by atoms with van der Waals surface area (Å²) < 4.78 is 28.6. The van der Waals surface area contributed by atoms with E-state index in [0.29, 0.717) is 18.8 Å². The van der Waals surface area contributed by atoms with Gasteiger partial charge in [0, 0.05) is 24.1 Å². The van der Waals surface area contributed by atoms with Crippen LogP contribution in [0.1, 0.15) is 12.5 Å². The highest BCUT2D eigenvalue weighted by molar-refractivity contribution is 7.90. The molecule has 2 aromatic rings. The minimum Gasteiger partial charge on any atom is -0.494 e. The molecule has 0 radical (unpaired) electrons. The first-order chi connectivity index (χ1) is 11.4. The second-order valence-electron chi connectivity index (χ2n) is 5.15. The lowest BCUT2D eigenvalue weighted by molar-refractivity contribution is 0.251. The van der Waals surface area contributed by atoms with E-state index in [9.17, 15) is 13.2 Å². The molecule has 0 aliphatic carbocycles. The number of amides is 2. The lowest BCUT2D eigenvalue weighted by Gasteiger charge is -2.12. The van der Waals surface area contributed by atoms with E-state index >= 15 is 0 Å². The number of benzene rings is 2. The SMILES string of the molecule is CCOc1ccccc1CNC(=O)Nc1cccc(S(C)(=O)=O)c1. The lowest BCUT2D eigenvalue weighted by Crippen LogP contribution is -2.28. The molecular formula is C17H20N2O4S. The van der Waals surface area contributed by atoms with Gasteiger partial charge in [-0.15, -0.1) is 0 Å². The molecule has 0 bridgehead atoms. The van der Waals surface area contributed by atoms with Gasteiger partial charge in [-0.1, -0.05) is 24.3 Å². The van der Waals surface area contributed by atoms with E-state index < -0.39 is 15.9 Å². The number of carbonyl (C=O) groups excluding carboxylic acids is 1. The van der Waals surface area contributed by atoms with E-state index in [0.717, 1.165) is 17.6 Å². The minimum absolute atomic E-state index is 0.155. The maximum atomic E-state index is 12.0. The first-order valence-corrected chi connectivity index (χ1v) is 9.35. The maximum Gasteiger partial charge on any atom is 0.319 e. The van der Waals surface area contributed by atoms with E-state index in [2.05, 4.69) is 10.6 Å². The quantitative estimate of drug-likeness (QED) is 0.841. The molecule has 0 aliphatic rings. The van der Waals surface area contributed by atoms with Crippen molar-refractivity contribution in [2.24, 2.45) is 0 Å². The van der Waals surface area contributed by atoms with Crippen LogP contribution in [0.3, 0.4) is 0 Å². The normalized spacial score (nSPS) is 10.9. The summed E-state index contributed by atoms with van der Waals surface area (Å²) in [6.07, 6.45) is 1.12. The lowest BCUT2D eigenvalue weighted by atomic mass is 10.2. The van der Waals surface area contributed by atoms with Crippen molar-refractivity contribution < 1.29 is 17.9 Å². The van der Waals surface area contributed by atoms with Gasteiger partial charge in [-0.05, 0) is 31.2 Å². The van der Waals surface area contributed by atoms with E-state index in [4.69, 9.17) is 4.74 Å². The van der Waals surface area contributed by atoms with Crippen molar-refractivity contribution in [3.05, 3.63) is 54.1 Å². The Kier molecular flexibility index (Phi) is 5.81. The monoisotopic (exact) mass is 348 g/mol. The van der Waals surface area contributed by atoms with Gasteiger partial charge in [0.05, 0.1) is 11.5 Å². The summed E-state index contributed by atoms with van der Waals surface area (Å²) in [6, 6.07) is 13.1. The maximum absolute atomic E-state index is 12.0. The smallest absolute Gasteiger partial charge is 0.319 e. The predicted molar refractivity (Wildman–Crippen MR) is 93.0 cm³/mol. The Bertz CT molecular complexity index is 819. The van der Waals surface area contributed by atoms with Crippen LogP contribution in [0.4, 0.5) is 10.5 Å². The second kappa shape index (κ2) is 7.83. The summed E-state index contributed by atoms with van der Waals surface area (Å²) in [4.78, 5) is 12.2. The van der Waals surface area contributed by atoms with Gasteiger partial charge >= 0.3 is 6.03 Å². The Morgan fingerprint density at radius 1 is 1.12 bits per heavy atom. The average molecular weight is 348 g/mol. The highest BCUT2D eigenvalue weighted by Gasteiger charge is 2.09. The molecule has 0 atom stereocenters. The minimum atomic E-state index is -3.32. The van der Waals surface area contributed by atoms with E-state index in [1.807, 2.05) is 31.2 Å². The third-order valence-corrected chi connectivity index (χ3v) is 4.34. The van der Waals surface area contributed by atoms with Crippen LogP contribution in [0.5, 0.6) is 5.75 Å². The summed E-state index contributed by atoms with van der Waals surface area (Å²) >= 11 is 0. The number of ether oxygens (including phenoxy) is 1. The molecule has 0 aliphatic heterocycles. The molecule has 0 spiro atoms. The summed E-state index contributed by atoms with van der Waals surface area (Å²) in [5.74, 6) is 0.722. The number of hydrogen-bond donors (Lipinski definition) is 2. The van der Waals surface area contributed by atoms with Crippen molar-refractivity contribution in [1.29, 1.82) is 0 Å². The van der Waals surface area contributed by atoms with Crippen LogP contribution in [0, 0.1) is 0 Å². The number of hydrogen-bond acceptors (Lipinski definition) is 4. The number of para-hydroxylation sites is 1. The summed E-state index contributed by atoms with van der Waals surface area (Å²) in [7, 11) is -3.32. The molecule has 2 aromatic carbocycles. The first-order valence-electron chi connectivity index (χ1n) is 7.46. The highest BCUT2D eigenvalue weighted by Crippen LogP contribution is 2.18. The Balaban J connectivity index is 2.00. The third kappa shape index (κ3) is 4.99. The van der Waals surface area contributed by atoms with Gasteiger partial charge in [0.1, 0.15) is 5.75 Å². The zero-order valence-corrected chi connectivity index (χ0v) is 14.4. The fraction of sp³-hybridized carbons (Fsp3) is 0.235. The van der Waals surface area contributed by atoms with Crippen molar-refractivity contribution in [3.8, 4) is 5.75 Å². The van der Waals surface area contributed by atoms with Gasteiger partial charge in [-0.2, -0.15) is 0 Å². The Morgan fingerprint density at radius 3 is 2.58 bits per heavy atom. The van der Waals surface area contributed by atoms with Crippen molar-refractivity contribution >= 4 is 21.6 Å². The molecule has 2 rings (SSSR count). The van der Waals surface area contributed by atoms with E-state index in [1.165, 1.54) is 12.1 Å². The molecule has 7 heteroatoms. The molecule has 0 fully saturated rings. The van der Waals surface area contributed by atoms with Crippen molar-refractivity contribution in [3.63, 3.8) is 0 Å². The number of carbonyl (C=O) groups is 1.